The summed E-state index contributed by atoms with van der Waals surface area (Å²) in [4.78, 5) is 31.5. The predicted octanol–water partition coefficient (Wildman–Crippen LogP) is 3.46. The summed E-state index contributed by atoms with van der Waals surface area (Å²) >= 11 is 0. The molecule has 0 saturated heterocycles. The number of primary amides is 1. The lowest BCUT2D eigenvalue weighted by Crippen LogP contribution is -2.45. The summed E-state index contributed by atoms with van der Waals surface area (Å²) in [6.07, 6.45) is 0.227. The highest BCUT2D eigenvalue weighted by molar-refractivity contribution is 6.00. The number of nitrogens with zero attached hydrogens (tertiary/aromatic N) is 2. The Morgan fingerprint density at radius 1 is 1.21 bits per heavy atom. The van der Waals surface area contributed by atoms with Gasteiger partial charge in [0.25, 0.3) is 11.8 Å². The number of fused-ring (bicyclic) bond motifs is 1. The number of nitrogens with one attached hydrogen (secondary N) is 3. The fourth-order valence-electron chi connectivity index (χ4n) is 3.08. The molecule has 0 radical (unpaired) electrons. The molecule has 1 atom stereocenters. The van der Waals surface area contributed by atoms with Gasteiger partial charge in [0.15, 0.2) is 23.3 Å². The van der Waals surface area contributed by atoms with Gasteiger partial charge in [0, 0.05) is 17.4 Å². The number of halogens is 1. The number of amides is 2. The Bertz CT molecular complexity index is 1270. The number of carbonyl (C=O) groups is 2. The van der Waals surface area contributed by atoms with Crippen molar-refractivity contribution >= 4 is 40.6 Å². The van der Waals surface area contributed by atoms with Crippen molar-refractivity contribution in [3.63, 3.8) is 0 Å². The van der Waals surface area contributed by atoms with Gasteiger partial charge in [0.2, 0.25) is 5.95 Å². The molecule has 10 nitrogen and oxygen atoms in total. The molecule has 5 N–H and O–H groups in total. The van der Waals surface area contributed by atoms with Gasteiger partial charge in [-0.3, -0.25) is 9.59 Å². The largest absolute Gasteiger partial charge is 0.481 e. The van der Waals surface area contributed by atoms with E-state index in [1.807, 2.05) is 0 Å². The van der Waals surface area contributed by atoms with E-state index in [0.717, 1.165) is 6.20 Å². The number of rotatable bonds is 7. The second kappa shape index (κ2) is 8.85. The lowest BCUT2D eigenvalue weighted by Gasteiger charge is -2.31. The molecule has 0 bridgehead atoms. The van der Waals surface area contributed by atoms with Crippen LogP contribution in [0.25, 0.3) is 0 Å². The second-order valence-electron chi connectivity index (χ2n) is 8.11. The fraction of sp³-hybridized carbons (Fsp3) is 0.217. The number of hydrogen-bond acceptors (Lipinski definition) is 8. The van der Waals surface area contributed by atoms with Crippen LogP contribution in [0.2, 0.25) is 0 Å². The Balaban J connectivity index is 1.51. The minimum absolute atomic E-state index is 0.0735. The smallest absolute Gasteiger partial charge is 0.268 e. The van der Waals surface area contributed by atoms with E-state index in [0.29, 0.717) is 28.6 Å². The average Bonchev–Trinajstić information content (AvgIpc) is 2.77. The highest BCUT2D eigenvalue weighted by Gasteiger charge is 2.35. The molecule has 4 rings (SSSR count). The SMILES string of the molecule is CC(Oc1cccc(Nc2ncc(F)c(Nc3ccc4c(c3)NC(=O)C(C)(C)O4)n2)c1)C(N)=O. The van der Waals surface area contributed by atoms with Crippen LogP contribution in [0.3, 0.4) is 0 Å². The van der Waals surface area contributed by atoms with Crippen LogP contribution in [0.5, 0.6) is 11.5 Å². The average molecular weight is 466 g/mol. The second-order valence-corrected chi connectivity index (χ2v) is 8.11. The molecule has 2 heterocycles. The molecule has 11 heteroatoms. The van der Waals surface area contributed by atoms with E-state index in [4.69, 9.17) is 15.2 Å². The maximum absolute atomic E-state index is 14.4. The van der Waals surface area contributed by atoms with E-state index in [2.05, 4.69) is 25.9 Å². The molecular formula is C23H23FN6O4. The summed E-state index contributed by atoms with van der Waals surface area (Å²) in [5, 5.41) is 8.62. The third-order valence-corrected chi connectivity index (χ3v) is 4.95. The van der Waals surface area contributed by atoms with Gasteiger partial charge in [0.1, 0.15) is 11.5 Å². The maximum Gasteiger partial charge on any atom is 0.268 e. The van der Waals surface area contributed by atoms with E-state index < -0.39 is 23.4 Å². The van der Waals surface area contributed by atoms with Crippen molar-refractivity contribution in [3.05, 3.63) is 54.5 Å². The number of anilines is 5. The molecule has 34 heavy (non-hydrogen) atoms. The molecule has 0 fully saturated rings. The summed E-state index contributed by atoms with van der Waals surface area (Å²) in [6.45, 7) is 4.88. The van der Waals surface area contributed by atoms with E-state index in [9.17, 15) is 14.0 Å². The number of hydrogen-bond donors (Lipinski definition) is 4. The topological polar surface area (TPSA) is 140 Å². The molecule has 1 unspecified atom stereocenters. The van der Waals surface area contributed by atoms with Crippen LogP contribution in [-0.4, -0.2) is 33.5 Å². The number of nitrogens with two attached hydrogens (primary N) is 1. The summed E-state index contributed by atoms with van der Waals surface area (Å²) in [5.74, 6) is -0.569. The Morgan fingerprint density at radius 3 is 2.74 bits per heavy atom. The number of benzene rings is 2. The molecule has 176 valence electrons. The van der Waals surface area contributed by atoms with Crippen molar-refractivity contribution < 1.29 is 23.5 Å². The third-order valence-electron chi connectivity index (χ3n) is 4.95. The van der Waals surface area contributed by atoms with Crippen LogP contribution >= 0.6 is 0 Å². The van der Waals surface area contributed by atoms with Crippen LogP contribution in [0, 0.1) is 5.82 Å². The van der Waals surface area contributed by atoms with Gasteiger partial charge in [-0.15, -0.1) is 0 Å². The summed E-state index contributed by atoms with van der Waals surface area (Å²) in [5.41, 5.74) is 5.75. The van der Waals surface area contributed by atoms with Gasteiger partial charge in [-0.05, 0) is 51.1 Å². The van der Waals surface area contributed by atoms with Crippen molar-refractivity contribution in [2.75, 3.05) is 16.0 Å². The Hall–Kier alpha value is -4.41. The van der Waals surface area contributed by atoms with Crippen LogP contribution in [0.15, 0.2) is 48.7 Å². The summed E-state index contributed by atoms with van der Waals surface area (Å²) < 4.78 is 25.6. The fourth-order valence-corrected chi connectivity index (χ4v) is 3.08. The Labute approximate surface area is 194 Å². The summed E-state index contributed by atoms with van der Waals surface area (Å²) in [6, 6.07) is 11.7. The zero-order valence-corrected chi connectivity index (χ0v) is 18.7. The lowest BCUT2D eigenvalue weighted by molar-refractivity contribution is -0.129. The van der Waals surface area contributed by atoms with Crippen LogP contribution in [0.1, 0.15) is 20.8 Å². The van der Waals surface area contributed by atoms with Crippen LogP contribution in [0.4, 0.5) is 33.2 Å². The number of aromatic nitrogens is 2. The van der Waals surface area contributed by atoms with E-state index in [1.54, 1.807) is 63.2 Å². The van der Waals surface area contributed by atoms with Gasteiger partial charge in [0.05, 0.1) is 11.9 Å². The predicted molar refractivity (Wildman–Crippen MR) is 124 cm³/mol. The standard InChI is InChI=1S/C23H23FN6O4/c1-12(19(25)31)33-15-6-4-5-13(9-15)28-22-26-11-16(24)20(30-22)27-14-7-8-18-17(10-14)29-21(32)23(2,3)34-18/h4-12H,1-3H3,(H2,25,31)(H,29,32)(H2,26,27,28,30). The number of ether oxygens (including phenoxy) is 2. The molecule has 1 aromatic heterocycles. The van der Waals surface area contributed by atoms with Crippen molar-refractivity contribution in [2.24, 2.45) is 5.73 Å². The molecule has 0 saturated carbocycles. The first-order chi connectivity index (χ1) is 16.1. The maximum atomic E-state index is 14.4. The molecule has 2 aromatic carbocycles. The molecular weight excluding hydrogens is 443 g/mol. The van der Waals surface area contributed by atoms with Crippen molar-refractivity contribution in [3.8, 4) is 11.5 Å². The van der Waals surface area contributed by atoms with E-state index >= 15 is 0 Å². The van der Waals surface area contributed by atoms with Crippen molar-refractivity contribution in [1.29, 1.82) is 0 Å². The Kier molecular flexibility index (Phi) is 5.93. The zero-order chi connectivity index (χ0) is 24.5. The van der Waals surface area contributed by atoms with E-state index in [-0.39, 0.29) is 17.7 Å². The third kappa shape index (κ3) is 4.98. The first kappa shape index (κ1) is 22.8. The molecule has 2 amide bonds. The van der Waals surface area contributed by atoms with Crippen molar-refractivity contribution in [1.82, 2.24) is 9.97 Å². The van der Waals surface area contributed by atoms with E-state index in [1.165, 1.54) is 0 Å². The zero-order valence-electron chi connectivity index (χ0n) is 18.7. The van der Waals surface area contributed by atoms with Gasteiger partial charge in [-0.25, -0.2) is 9.37 Å². The number of carbonyl (C=O) groups excluding carboxylic acids is 2. The minimum Gasteiger partial charge on any atom is -0.481 e. The monoisotopic (exact) mass is 466 g/mol. The van der Waals surface area contributed by atoms with Gasteiger partial charge in [-0.2, -0.15) is 4.98 Å². The molecule has 1 aliphatic rings. The Morgan fingerprint density at radius 2 is 1.97 bits per heavy atom. The van der Waals surface area contributed by atoms with Gasteiger partial charge in [-0.1, -0.05) is 6.07 Å². The van der Waals surface area contributed by atoms with Crippen molar-refractivity contribution in [2.45, 2.75) is 32.5 Å². The van der Waals surface area contributed by atoms with Gasteiger partial charge < -0.3 is 31.2 Å². The van der Waals surface area contributed by atoms with Crippen LogP contribution in [-0.2, 0) is 9.59 Å². The lowest BCUT2D eigenvalue weighted by atomic mass is 10.1. The molecule has 3 aromatic rings. The highest BCUT2D eigenvalue weighted by atomic mass is 19.1. The van der Waals surface area contributed by atoms with Crippen LogP contribution < -0.4 is 31.2 Å². The minimum atomic E-state index is -0.985. The first-order valence-electron chi connectivity index (χ1n) is 10.4. The summed E-state index contributed by atoms with van der Waals surface area (Å²) in [7, 11) is 0. The van der Waals surface area contributed by atoms with Gasteiger partial charge >= 0.3 is 0 Å². The quantitative estimate of drug-likeness (QED) is 0.415. The normalized spacial score (nSPS) is 14.8. The first-order valence-corrected chi connectivity index (χ1v) is 10.4. The molecule has 0 spiro atoms. The highest BCUT2D eigenvalue weighted by Crippen LogP contribution is 2.36. The molecule has 0 aliphatic carbocycles. The molecule has 1 aliphatic heterocycles.